The molecule has 2 N–H and O–H groups in total. The number of carboxylic acid groups (broad SMARTS) is 1. The Morgan fingerprint density at radius 3 is 2.55 bits per heavy atom. The summed E-state index contributed by atoms with van der Waals surface area (Å²) in [6, 6.07) is 6.40. The van der Waals surface area contributed by atoms with Gasteiger partial charge in [-0.05, 0) is 17.7 Å². The van der Waals surface area contributed by atoms with Crippen LogP contribution in [0.15, 0.2) is 36.7 Å². The van der Waals surface area contributed by atoms with Crippen molar-refractivity contribution < 1.29 is 14.7 Å². The molecule has 0 unspecified atom stereocenters. The Morgan fingerprint density at radius 1 is 1.30 bits per heavy atom. The molecular weight excluding hydrogens is 258 g/mol. The van der Waals surface area contributed by atoms with Gasteiger partial charge in [0.05, 0.1) is 12.0 Å². The number of carbonyl (C=O) groups is 2. The van der Waals surface area contributed by atoms with Gasteiger partial charge in [0.25, 0.3) is 0 Å². The zero-order valence-corrected chi connectivity index (χ0v) is 11.0. The minimum Gasteiger partial charge on any atom is -0.478 e. The minimum atomic E-state index is -0.963. The molecule has 0 aliphatic carbocycles. The predicted octanol–water partition coefficient (Wildman–Crippen LogP) is 0.977. The first-order chi connectivity index (χ1) is 9.56. The van der Waals surface area contributed by atoms with E-state index in [0.29, 0.717) is 12.4 Å². The van der Waals surface area contributed by atoms with Gasteiger partial charge in [-0.2, -0.15) is 0 Å². The van der Waals surface area contributed by atoms with E-state index in [0.717, 1.165) is 5.56 Å². The SMILES string of the molecule is Cn1ccnc1CC(=O)NCc1ccc(C(=O)O)cc1. The van der Waals surface area contributed by atoms with Gasteiger partial charge in [-0.25, -0.2) is 9.78 Å². The van der Waals surface area contributed by atoms with E-state index in [4.69, 9.17) is 5.11 Å². The second-order valence-electron chi connectivity index (χ2n) is 4.41. The van der Waals surface area contributed by atoms with Gasteiger partial charge >= 0.3 is 5.97 Å². The molecule has 0 aliphatic rings. The molecule has 1 aromatic carbocycles. The van der Waals surface area contributed by atoms with Crippen LogP contribution in [0.3, 0.4) is 0 Å². The average Bonchev–Trinajstić information content (AvgIpc) is 2.82. The molecule has 6 heteroatoms. The Morgan fingerprint density at radius 2 is 2.00 bits per heavy atom. The van der Waals surface area contributed by atoms with E-state index in [9.17, 15) is 9.59 Å². The summed E-state index contributed by atoms with van der Waals surface area (Å²) in [5.41, 5.74) is 1.08. The first-order valence-corrected chi connectivity index (χ1v) is 6.11. The molecule has 0 saturated carbocycles. The minimum absolute atomic E-state index is 0.124. The topological polar surface area (TPSA) is 84.2 Å². The Labute approximate surface area is 116 Å². The highest BCUT2D eigenvalue weighted by atomic mass is 16.4. The van der Waals surface area contributed by atoms with Crippen molar-refractivity contribution in [1.82, 2.24) is 14.9 Å². The van der Waals surface area contributed by atoms with Crippen LogP contribution in [0.2, 0.25) is 0 Å². The lowest BCUT2D eigenvalue weighted by Gasteiger charge is -2.06. The molecule has 1 aromatic heterocycles. The number of imidazole rings is 1. The fourth-order valence-electron chi connectivity index (χ4n) is 1.74. The van der Waals surface area contributed by atoms with Gasteiger partial charge in [-0.1, -0.05) is 12.1 Å². The summed E-state index contributed by atoms with van der Waals surface area (Å²) < 4.78 is 1.79. The number of aromatic carboxylic acids is 1. The lowest BCUT2D eigenvalue weighted by atomic mass is 10.1. The average molecular weight is 273 g/mol. The van der Waals surface area contributed by atoms with Gasteiger partial charge in [0.1, 0.15) is 5.82 Å². The number of hydrogen-bond donors (Lipinski definition) is 2. The van der Waals surface area contributed by atoms with E-state index in [1.54, 1.807) is 29.1 Å². The third-order valence-corrected chi connectivity index (χ3v) is 2.93. The van der Waals surface area contributed by atoms with Crippen molar-refractivity contribution in [3.63, 3.8) is 0 Å². The van der Waals surface area contributed by atoms with Gasteiger partial charge in [0, 0.05) is 26.0 Å². The summed E-state index contributed by atoms with van der Waals surface area (Å²) in [5, 5.41) is 11.6. The number of aromatic nitrogens is 2. The molecule has 1 amide bonds. The molecule has 104 valence electrons. The lowest BCUT2D eigenvalue weighted by molar-refractivity contribution is -0.120. The summed E-state index contributed by atoms with van der Waals surface area (Å²) in [5.74, 6) is -0.388. The van der Waals surface area contributed by atoms with Crippen LogP contribution in [0.1, 0.15) is 21.7 Å². The van der Waals surface area contributed by atoms with Crippen molar-refractivity contribution in [2.45, 2.75) is 13.0 Å². The normalized spacial score (nSPS) is 10.2. The maximum Gasteiger partial charge on any atom is 0.335 e. The lowest BCUT2D eigenvalue weighted by Crippen LogP contribution is -2.25. The maximum absolute atomic E-state index is 11.8. The van der Waals surface area contributed by atoms with E-state index in [1.807, 2.05) is 7.05 Å². The van der Waals surface area contributed by atoms with Crippen molar-refractivity contribution in [2.24, 2.45) is 7.05 Å². The Hall–Kier alpha value is -2.63. The number of aryl methyl sites for hydroxylation is 1. The quantitative estimate of drug-likeness (QED) is 0.850. The van der Waals surface area contributed by atoms with E-state index in [1.165, 1.54) is 12.1 Å². The van der Waals surface area contributed by atoms with E-state index in [2.05, 4.69) is 10.3 Å². The molecule has 20 heavy (non-hydrogen) atoms. The number of carboxylic acids is 1. The Balaban J connectivity index is 1.87. The van der Waals surface area contributed by atoms with Crippen LogP contribution in [-0.2, 0) is 24.8 Å². The first-order valence-electron chi connectivity index (χ1n) is 6.11. The molecule has 6 nitrogen and oxygen atoms in total. The van der Waals surface area contributed by atoms with E-state index < -0.39 is 5.97 Å². The van der Waals surface area contributed by atoms with Crippen LogP contribution in [0.25, 0.3) is 0 Å². The number of carbonyl (C=O) groups excluding carboxylic acids is 1. The van der Waals surface area contributed by atoms with Gasteiger partial charge in [-0.15, -0.1) is 0 Å². The van der Waals surface area contributed by atoms with Crippen LogP contribution in [0, 0.1) is 0 Å². The van der Waals surface area contributed by atoms with Gasteiger partial charge in [0.15, 0.2) is 0 Å². The van der Waals surface area contributed by atoms with E-state index >= 15 is 0 Å². The molecule has 0 aliphatic heterocycles. The van der Waals surface area contributed by atoms with Crippen LogP contribution < -0.4 is 5.32 Å². The number of hydrogen-bond acceptors (Lipinski definition) is 3. The number of nitrogens with one attached hydrogen (secondary N) is 1. The third-order valence-electron chi connectivity index (χ3n) is 2.93. The van der Waals surface area contributed by atoms with Crippen LogP contribution >= 0.6 is 0 Å². The van der Waals surface area contributed by atoms with Gasteiger partial charge < -0.3 is 15.0 Å². The Kier molecular flexibility index (Phi) is 4.14. The zero-order valence-electron chi connectivity index (χ0n) is 11.0. The van der Waals surface area contributed by atoms with Crippen LogP contribution in [0.4, 0.5) is 0 Å². The van der Waals surface area contributed by atoms with Crippen molar-refractivity contribution >= 4 is 11.9 Å². The highest BCUT2D eigenvalue weighted by Gasteiger charge is 2.07. The predicted molar refractivity (Wildman–Crippen MR) is 72.2 cm³/mol. The fourth-order valence-corrected chi connectivity index (χ4v) is 1.74. The summed E-state index contributed by atoms with van der Waals surface area (Å²) in [7, 11) is 1.83. The molecule has 0 spiro atoms. The first kappa shape index (κ1) is 13.8. The molecule has 0 fully saturated rings. The van der Waals surface area contributed by atoms with Crippen molar-refractivity contribution in [1.29, 1.82) is 0 Å². The molecule has 0 atom stereocenters. The van der Waals surface area contributed by atoms with E-state index in [-0.39, 0.29) is 17.9 Å². The number of nitrogens with zero attached hydrogens (tertiary/aromatic N) is 2. The molecule has 2 aromatic rings. The second-order valence-corrected chi connectivity index (χ2v) is 4.41. The molecule has 0 radical (unpaired) electrons. The highest BCUT2D eigenvalue weighted by molar-refractivity contribution is 5.87. The number of benzene rings is 1. The highest BCUT2D eigenvalue weighted by Crippen LogP contribution is 2.04. The largest absolute Gasteiger partial charge is 0.478 e. The molecule has 0 bridgehead atoms. The molecule has 0 saturated heterocycles. The second kappa shape index (κ2) is 6.01. The summed E-state index contributed by atoms with van der Waals surface area (Å²) >= 11 is 0. The van der Waals surface area contributed by atoms with Crippen molar-refractivity contribution in [3.05, 3.63) is 53.6 Å². The summed E-state index contributed by atoms with van der Waals surface area (Å²) in [4.78, 5) is 26.5. The Bertz CT molecular complexity index is 617. The number of rotatable bonds is 5. The van der Waals surface area contributed by atoms with Gasteiger partial charge in [-0.3, -0.25) is 4.79 Å². The summed E-state index contributed by atoms with van der Waals surface area (Å²) in [6.07, 6.45) is 3.65. The fraction of sp³-hybridized carbons (Fsp3) is 0.214. The van der Waals surface area contributed by atoms with Crippen molar-refractivity contribution in [3.8, 4) is 0 Å². The van der Waals surface area contributed by atoms with Crippen LogP contribution in [0.5, 0.6) is 0 Å². The van der Waals surface area contributed by atoms with Crippen LogP contribution in [-0.4, -0.2) is 26.5 Å². The standard InChI is InChI=1S/C14H15N3O3/c1-17-7-6-15-12(17)8-13(18)16-9-10-2-4-11(5-3-10)14(19)20/h2-7H,8-9H2,1H3,(H,16,18)(H,19,20). The molecule has 1 heterocycles. The third kappa shape index (κ3) is 3.44. The zero-order chi connectivity index (χ0) is 14.5. The van der Waals surface area contributed by atoms with Crippen molar-refractivity contribution in [2.75, 3.05) is 0 Å². The monoisotopic (exact) mass is 273 g/mol. The maximum atomic E-state index is 11.8. The summed E-state index contributed by atoms with van der Waals surface area (Å²) in [6.45, 7) is 0.364. The molecule has 2 rings (SSSR count). The number of amides is 1. The van der Waals surface area contributed by atoms with Gasteiger partial charge in [0.2, 0.25) is 5.91 Å². The molecular formula is C14H15N3O3. The smallest absolute Gasteiger partial charge is 0.335 e.